The molecule has 0 saturated carbocycles. The quantitative estimate of drug-likeness (QED) is 0.834. The number of nitrogens with one attached hydrogen (secondary N) is 2. The zero-order valence-corrected chi connectivity index (χ0v) is 14.8. The lowest BCUT2D eigenvalue weighted by Gasteiger charge is -2.29. The van der Waals surface area contributed by atoms with E-state index in [1.54, 1.807) is 0 Å². The van der Waals surface area contributed by atoms with Crippen molar-refractivity contribution in [2.24, 2.45) is 7.05 Å². The van der Waals surface area contributed by atoms with Crippen LogP contribution in [0.1, 0.15) is 24.7 Å². The summed E-state index contributed by atoms with van der Waals surface area (Å²) in [6.07, 6.45) is 4.14. The maximum atomic E-state index is 4.87. The molecule has 2 aromatic heterocycles. The van der Waals surface area contributed by atoms with E-state index < -0.39 is 0 Å². The lowest BCUT2D eigenvalue weighted by Crippen LogP contribution is -2.44. The fourth-order valence-corrected chi connectivity index (χ4v) is 3.17. The summed E-state index contributed by atoms with van der Waals surface area (Å²) < 4.78 is 1.99. The van der Waals surface area contributed by atoms with Gasteiger partial charge in [0.2, 0.25) is 0 Å². The van der Waals surface area contributed by atoms with E-state index in [4.69, 9.17) is 9.97 Å². The van der Waals surface area contributed by atoms with Crippen molar-refractivity contribution in [2.45, 2.75) is 18.9 Å². The number of hydrogen-bond donors (Lipinski definition) is 2. The number of anilines is 1. The Bertz CT molecular complexity index is 648. The minimum atomic E-state index is 0. The van der Waals surface area contributed by atoms with Gasteiger partial charge in [-0.15, -0.1) is 24.8 Å². The Morgan fingerprint density at radius 3 is 2.61 bits per heavy atom. The van der Waals surface area contributed by atoms with Crippen LogP contribution in [0.5, 0.6) is 0 Å². The number of halogens is 2. The summed E-state index contributed by atoms with van der Waals surface area (Å²) in [5.74, 6) is 1.91. The Morgan fingerprint density at radius 1 is 1.13 bits per heavy atom. The van der Waals surface area contributed by atoms with E-state index in [0.29, 0.717) is 0 Å². The highest BCUT2D eigenvalue weighted by Crippen LogP contribution is 2.27. The largest absolute Gasteiger partial charge is 0.352 e. The van der Waals surface area contributed by atoms with Gasteiger partial charge in [-0.1, -0.05) is 0 Å². The number of aromatic nitrogens is 4. The molecular formula is C14H23Cl2N7. The molecule has 4 rings (SSSR count). The smallest absolute Gasteiger partial charge is 0.165 e. The molecule has 0 bridgehead atoms. The molecule has 1 atom stereocenters. The fourth-order valence-electron chi connectivity index (χ4n) is 3.17. The van der Waals surface area contributed by atoms with Gasteiger partial charge in [0.15, 0.2) is 17.0 Å². The Kier molecular flexibility index (Phi) is 6.02. The first-order valence-corrected chi connectivity index (χ1v) is 7.71. The summed E-state index contributed by atoms with van der Waals surface area (Å²) in [6.45, 7) is 4.99. The first kappa shape index (κ1) is 18.2. The van der Waals surface area contributed by atoms with Crippen molar-refractivity contribution >= 4 is 41.8 Å². The molecule has 9 heteroatoms. The number of rotatable bonds is 2. The van der Waals surface area contributed by atoms with Crippen molar-refractivity contribution in [3.63, 3.8) is 0 Å². The van der Waals surface area contributed by atoms with Crippen molar-refractivity contribution in [2.75, 3.05) is 37.6 Å². The van der Waals surface area contributed by atoms with E-state index in [1.807, 2.05) is 17.9 Å². The molecule has 2 N–H and O–H groups in total. The van der Waals surface area contributed by atoms with Gasteiger partial charge in [-0.3, -0.25) is 0 Å². The number of fused-ring (bicyclic) bond motifs is 1. The second-order valence-corrected chi connectivity index (χ2v) is 5.82. The van der Waals surface area contributed by atoms with Crippen LogP contribution in [-0.4, -0.2) is 52.2 Å². The summed E-state index contributed by atoms with van der Waals surface area (Å²) in [4.78, 5) is 16.5. The van der Waals surface area contributed by atoms with Crippen LogP contribution in [0, 0.1) is 0 Å². The topological polar surface area (TPSA) is 70.9 Å². The predicted molar refractivity (Wildman–Crippen MR) is 95.9 cm³/mol. The van der Waals surface area contributed by atoms with Gasteiger partial charge in [0.25, 0.3) is 0 Å². The van der Waals surface area contributed by atoms with Crippen molar-refractivity contribution < 1.29 is 0 Å². The van der Waals surface area contributed by atoms with E-state index in [0.717, 1.165) is 62.0 Å². The van der Waals surface area contributed by atoms with Gasteiger partial charge < -0.3 is 20.1 Å². The molecule has 2 aliphatic heterocycles. The maximum Gasteiger partial charge on any atom is 0.165 e. The van der Waals surface area contributed by atoms with Gasteiger partial charge in [-0.05, 0) is 19.4 Å². The first-order chi connectivity index (χ1) is 10.3. The van der Waals surface area contributed by atoms with E-state index in [-0.39, 0.29) is 30.9 Å². The third-order valence-electron chi connectivity index (χ3n) is 4.35. The van der Waals surface area contributed by atoms with Crippen LogP contribution in [0.2, 0.25) is 0 Å². The average Bonchev–Trinajstić information content (AvgIpc) is 3.18. The molecule has 128 valence electrons. The molecule has 0 aromatic carbocycles. The molecule has 0 aliphatic carbocycles. The third kappa shape index (κ3) is 3.38. The van der Waals surface area contributed by atoms with Crippen molar-refractivity contribution in [1.29, 1.82) is 0 Å². The number of hydrogen-bond acceptors (Lipinski definition) is 6. The van der Waals surface area contributed by atoms with Crippen molar-refractivity contribution in [1.82, 2.24) is 30.2 Å². The van der Waals surface area contributed by atoms with Gasteiger partial charge in [0, 0.05) is 33.2 Å². The zero-order valence-electron chi connectivity index (χ0n) is 13.2. The SMILES string of the molecule is Cl.Cl.Cn1cnc2c(N3CCNCC3)nc(C3CCCN3)nc21. The van der Waals surface area contributed by atoms with Crippen LogP contribution >= 0.6 is 24.8 Å². The number of nitrogens with zero attached hydrogens (tertiary/aromatic N) is 5. The molecular weight excluding hydrogens is 337 g/mol. The monoisotopic (exact) mass is 359 g/mol. The molecule has 0 amide bonds. The Balaban J connectivity index is 0.000000960. The molecule has 2 aliphatic rings. The maximum absolute atomic E-state index is 4.87. The second kappa shape index (κ2) is 7.61. The first-order valence-electron chi connectivity index (χ1n) is 7.71. The van der Waals surface area contributed by atoms with Gasteiger partial charge in [-0.25, -0.2) is 15.0 Å². The van der Waals surface area contributed by atoms with E-state index in [2.05, 4.69) is 20.5 Å². The van der Waals surface area contributed by atoms with Gasteiger partial charge in [-0.2, -0.15) is 0 Å². The van der Waals surface area contributed by atoms with E-state index >= 15 is 0 Å². The van der Waals surface area contributed by atoms with Gasteiger partial charge in [0.1, 0.15) is 5.82 Å². The Labute approximate surface area is 148 Å². The predicted octanol–water partition coefficient (Wildman–Crippen LogP) is 1.04. The summed E-state index contributed by atoms with van der Waals surface area (Å²) in [5.41, 5.74) is 1.85. The summed E-state index contributed by atoms with van der Waals surface area (Å²) >= 11 is 0. The molecule has 4 heterocycles. The lowest BCUT2D eigenvalue weighted by molar-refractivity contribution is 0.575. The van der Waals surface area contributed by atoms with Crippen LogP contribution in [-0.2, 0) is 7.05 Å². The molecule has 1 unspecified atom stereocenters. The normalized spacial score (nSPS) is 21.1. The fraction of sp³-hybridized carbons (Fsp3) is 0.643. The number of piperazine rings is 1. The molecule has 23 heavy (non-hydrogen) atoms. The number of aryl methyl sites for hydroxylation is 1. The molecule has 0 radical (unpaired) electrons. The van der Waals surface area contributed by atoms with Gasteiger partial charge >= 0.3 is 0 Å². The highest BCUT2D eigenvalue weighted by atomic mass is 35.5. The third-order valence-corrected chi connectivity index (χ3v) is 4.35. The van der Waals surface area contributed by atoms with Crippen LogP contribution in [0.15, 0.2) is 6.33 Å². The van der Waals surface area contributed by atoms with Crippen LogP contribution < -0.4 is 15.5 Å². The lowest BCUT2D eigenvalue weighted by atomic mass is 10.2. The minimum Gasteiger partial charge on any atom is -0.352 e. The highest BCUT2D eigenvalue weighted by molar-refractivity contribution is 5.85. The van der Waals surface area contributed by atoms with Crippen LogP contribution in [0.3, 0.4) is 0 Å². The Hall–Kier alpha value is -1.15. The van der Waals surface area contributed by atoms with E-state index in [1.165, 1.54) is 6.42 Å². The van der Waals surface area contributed by atoms with Crippen LogP contribution in [0.25, 0.3) is 11.2 Å². The standard InChI is InChI=1S/C14H21N7.2ClH/c1-20-9-17-11-13(20)18-12(10-3-2-4-16-10)19-14(11)21-7-5-15-6-8-21;;/h9-10,15-16H,2-8H2,1H3;2*1H. The average molecular weight is 360 g/mol. The van der Waals surface area contributed by atoms with E-state index in [9.17, 15) is 0 Å². The molecule has 0 spiro atoms. The molecule has 2 fully saturated rings. The van der Waals surface area contributed by atoms with Crippen molar-refractivity contribution in [3.8, 4) is 0 Å². The molecule has 2 aromatic rings. The van der Waals surface area contributed by atoms with Gasteiger partial charge in [0.05, 0.1) is 12.4 Å². The van der Waals surface area contributed by atoms with Crippen molar-refractivity contribution in [3.05, 3.63) is 12.2 Å². The molecule has 7 nitrogen and oxygen atoms in total. The minimum absolute atomic E-state index is 0. The number of imidazole rings is 1. The molecule has 2 saturated heterocycles. The second-order valence-electron chi connectivity index (χ2n) is 5.82. The van der Waals surface area contributed by atoms with Crippen LogP contribution in [0.4, 0.5) is 5.82 Å². The summed E-state index contributed by atoms with van der Waals surface area (Å²) in [5, 5.41) is 6.88. The Morgan fingerprint density at radius 2 is 1.91 bits per heavy atom. The highest BCUT2D eigenvalue weighted by Gasteiger charge is 2.24. The zero-order chi connectivity index (χ0) is 14.2. The summed E-state index contributed by atoms with van der Waals surface area (Å²) in [7, 11) is 2.00. The summed E-state index contributed by atoms with van der Waals surface area (Å²) in [6, 6.07) is 0.283.